The summed E-state index contributed by atoms with van der Waals surface area (Å²) in [4.78, 5) is 15.3. The number of imidazole rings is 1. The first-order chi connectivity index (χ1) is 10.6. The average molecular weight is 298 g/mol. The highest BCUT2D eigenvalue weighted by atomic mass is 16.5. The number of hydrogen-bond acceptors (Lipinski definition) is 4. The van der Waals surface area contributed by atoms with Crippen molar-refractivity contribution >= 4 is 11.6 Å². The molecule has 3 aromatic rings. The van der Waals surface area contributed by atoms with Crippen LogP contribution in [-0.2, 0) is 0 Å². The fraction of sp³-hybridized carbons (Fsp3) is 0.125. The Balaban J connectivity index is 2.20. The molecule has 1 aromatic carbocycles. The lowest BCUT2D eigenvalue weighted by atomic mass is 10.1. The van der Waals surface area contributed by atoms with Crippen LogP contribution in [0.1, 0.15) is 10.4 Å². The second-order valence-electron chi connectivity index (χ2n) is 4.66. The van der Waals surface area contributed by atoms with Gasteiger partial charge in [-0.1, -0.05) is 0 Å². The van der Waals surface area contributed by atoms with Crippen LogP contribution in [0.4, 0.5) is 0 Å². The van der Waals surface area contributed by atoms with E-state index in [1.54, 1.807) is 26.6 Å². The molecule has 3 rings (SSSR count). The number of aromatic carboxylic acids is 1. The third-order valence-corrected chi connectivity index (χ3v) is 3.44. The maximum Gasteiger partial charge on any atom is 0.335 e. The fourth-order valence-electron chi connectivity index (χ4n) is 2.33. The maximum atomic E-state index is 11.0. The van der Waals surface area contributed by atoms with E-state index in [-0.39, 0.29) is 5.56 Å². The summed E-state index contributed by atoms with van der Waals surface area (Å²) >= 11 is 0. The van der Waals surface area contributed by atoms with Crippen LogP contribution in [0.5, 0.6) is 11.5 Å². The molecule has 112 valence electrons. The van der Waals surface area contributed by atoms with Gasteiger partial charge in [0.25, 0.3) is 0 Å². The molecule has 1 N–H and O–H groups in total. The molecule has 0 amide bonds. The SMILES string of the molecule is COc1ccc(OC)c(-c2cnc3cc(C(=O)O)ccn23)c1. The zero-order chi connectivity index (χ0) is 15.7. The van der Waals surface area contributed by atoms with Crippen LogP contribution < -0.4 is 9.47 Å². The van der Waals surface area contributed by atoms with Crippen LogP contribution in [0.3, 0.4) is 0 Å². The van der Waals surface area contributed by atoms with E-state index in [9.17, 15) is 4.79 Å². The van der Waals surface area contributed by atoms with Gasteiger partial charge >= 0.3 is 5.97 Å². The summed E-state index contributed by atoms with van der Waals surface area (Å²) in [5.74, 6) is 0.406. The molecule has 0 aliphatic carbocycles. The molecule has 0 aliphatic rings. The van der Waals surface area contributed by atoms with Crippen LogP contribution in [0, 0.1) is 0 Å². The average Bonchev–Trinajstić information content (AvgIpc) is 2.97. The number of fused-ring (bicyclic) bond motifs is 1. The van der Waals surface area contributed by atoms with Gasteiger partial charge in [-0.3, -0.25) is 4.40 Å². The Morgan fingerprint density at radius 1 is 1.18 bits per heavy atom. The molecule has 0 unspecified atom stereocenters. The van der Waals surface area contributed by atoms with Crippen molar-refractivity contribution in [3.63, 3.8) is 0 Å². The number of pyridine rings is 1. The van der Waals surface area contributed by atoms with Gasteiger partial charge in [-0.15, -0.1) is 0 Å². The fourth-order valence-corrected chi connectivity index (χ4v) is 2.33. The second kappa shape index (κ2) is 5.40. The van der Waals surface area contributed by atoms with E-state index in [0.29, 0.717) is 17.1 Å². The van der Waals surface area contributed by atoms with Gasteiger partial charge in [0.2, 0.25) is 0 Å². The zero-order valence-electron chi connectivity index (χ0n) is 12.1. The second-order valence-corrected chi connectivity index (χ2v) is 4.66. The largest absolute Gasteiger partial charge is 0.497 e. The first-order valence-corrected chi connectivity index (χ1v) is 6.57. The lowest BCUT2D eigenvalue weighted by molar-refractivity contribution is 0.0697. The van der Waals surface area contributed by atoms with E-state index < -0.39 is 5.97 Å². The number of methoxy groups -OCH3 is 2. The summed E-state index contributed by atoms with van der Waals surface area (Å²) in [6, 6.07) is 8.55. The monoisotopic (exact) mass is 298 g/mol. The van der Waals surface area contributed by atoms with Crippen molar-refractivity contribution in [2.45, 2.75) is 0 Å². The number of rotatable bonds is 4. The third kappa shape index (κ3) is 2.24. The van der Waals surface area contributed by atoms with Crippen molar-refractivity contribution in [1.29, 1.82) is 0 Å². The number of carboxylic acids is 1. The molecule has 0 saturated carbocycles. The molecule has 2 aromatic heterocycles. The van der Waals surface area contributed by atoms with Gasteiger partial charge in [0.1, 0.15) is 17.1 Å². The van der Waals surface area contributed by atoms with Gasteiger partial charge in [0.15, 0.2) is 0 Å². The van der Waals surface area contributed by atoms with Crippen LogP contribution in [0.15, 0.2) is 42.7 Å². The van der Waals surface area contributed by atoms with Gasteiger partial charge in [-0.2, -0.15) is 0 Å². The minimum absolute atomic E-state index is 0.197. The van der Waals surface area contributed by atoms with E-state index in [1.807, 2.05) is 22.6 Å². The molecule has 0 saturated heterocycles. The molecule has 0 bridgehead atoms. The van der Waals surface area contributed by atoms with Crippen molar-refractivity contribution in [3.8, 4) is 22.8 Å². The van der Waals surface area contributed by atoms with Crippen molar-refractivity contribution in [1.82, 2.24) is 9.38 Å². The number of nitrogens with zero attached hydrogens (tertiary/aromatic N) is 2. The van der Waals surface area contributed by atoms with Crippen molar-refractivity contribution in [3.05, 3.63) is 48.3 Å². The number of carboxylic acid groups (broad SMARTS) is 1. The molecule has 0 atom stereocenters. The Bertz CT molecular complexity index is 854. The zero-order valence-corrected chi connectivity index (χ0v) is 12.1. The van der Waals surface area contributed by atoms with E-state index >= 15 is 0 Å². The topological polar surface area (TPSA) is 73.1 Å². The van der Waals surface area contributed by atoms with E-state index in [4.69, 9.17) is 14.6 Å². The van der Waals surface area contributed by atoms with E-state index in [2.05, 4.69) is 4.98 Å². The van der Waals surface area contributed by atoms with E-state index in [1.165, 1.54) is 12.1 Å². The van der Waals surface area contributed by atoms with Gasteiger partial charge in [0, 0.05) is 11.8 Å². The lowest BCUT2D eigenvalue weighted by Gasteiger charge is -2.10. The third-order valence-electron chi connectivity index (χ3n) is 3.44. The van der Waals surface area contributed by atoms with Crippen molar-refractivity contribution in [2.75, 3.05) is 14.2 Å². The minimum atomic E-state index is -0.981. The summed E-state index contributed by atoms with van der Waals surface area (Å²) in [5, 5.41) is 9.05. The van der Waals surface area contributed by atoms with Crippen LogP contribution in [0.2, 0.25) is 0 Å². The number of hydrogen-bond donors (Lipinski definition) is 1. The Kier molecular flexibility index (Phi) is 3.42. The Labute approximate surface area is 126 Å². The molecule has 6 heteroatoms. The lowest BCUT2D eigenvalue weighted by Crippen LogP contribution is -1.98. The predicted molar refractivity (Wildman–Crippen MR) is 80.7 cm³/mol. The number of ether oxygens (including phenoxy) is 2. The molecule has 2 heterocycles. The molecule has 6 nitrogen and oxygen atoms in total. The predicted octanol–water partition coefficient (Wildman–Crippen LogP) is 2.72. The first kappa shape index (κ1) is 13.9. The number of carbonyl (C=O) groups is 1. The molecule has 0 radical (unpaired) electrons. The van der Waals surface area contributed by atoms with Crippen LogP contribution >= 0.6 is 0 Å². The van der Waals surface area contributed by atoms with Gasteiger partial charge in [0.05, 0.1) is 31.7 Å². The standard InChI is InChI=1S/C16H14N2O4/c1-21-11-3-4-14(22-2)12(8-11)13-9-17-15-7-10(16(19)20)5-6-18(13)15/h3-9H,1-2H3,(H,19,20). The number of benzene rings is 1. The molecule has 0 fully saturated rings. The quantitative estimate of drug-likeness (QED) is 0.801. The van der Waals surface area contributed by atoms with Crippen LogP contribution in [0.25, 0.3) is 16.9 Å². The molecular weight excluding hydrogens is 284 g/mol. The molecule has 0 spiro atoms. The van der Waals surface area contributed by atoms with Crippen molar-refractivity contribution < 1.29 is 19.4 Å². The highest BCUT2D eigenvalue weighted by Crippen LogP contribution is 2.33. The maximum absolute atomic E-state index is 11.0. The molecular formula is C16H14N2O4. The Morgan fingerprint density at radius 3 is 2.68 bits per heavy atom. The summed E-state index contributed by atoms with van der Waals surface area (Å²) in [5.41, 5.74) is 2.36. The van der Waals surface area contributed by atoms with Gasteiger partial charge in [-0.05, 0) is 30.3 Å². The molecule has 0 aliphatic heterocycles. The Hall–Kier alpha value is -3.02. The Morgan fingerprint density at radius 2 is 2.00 bits per heavy atom. The smallest absolute Gasteiger partial charge is 0.335 e. The normalized spacial score (nSPS) is 10.6. The highest BCUT2D eigenvalue weighted by Gasteiger charge is 2.13. The summed E-state index contributed by atoms with van der Waals surface area (Å²) in [7, 11) is 3.19. The number of aromatic nitrogens is 2. The van der Waals surface area contributed by atoms with Crippen molar-refractivity contribution in [2.24, 2.45) is 0 Å². The van der Waals surface area contributed by atoms with Gasteiger partial charge < -0.3 is 14.6 Å². The molecule has 22 heavy (non-hydrogen) atoms. The summed E-state index contributed by atoms with van der Waals surface area (Å²) < 4.78 is 12.5. The van der Waals surface area contributed by atoms with Gasteiger partial charge in [-0.25, -0.2) is 9.78 Å². The first-order valence-electron chi connectivity index (χ1n) is 6.57. The van der Waals surface area contributed by atoms with Crippen LogP contribution in [-0.4, -0.2) is 34.7 Å². The highest BCUT2D eigenvalue weighted by molar-refractivity contribution is 5.89. The summed E-state index contributed by atoms with van der Waals surface area (Å²) in [6.07, 6.45) is 3.36. The summed E-state index contributed by atoms with van der Waals surface area (Å²) in [6.45, 7) is 0. The van der Waals surface area contributed by atoms with E-state index in [0.717, 1.165) is 11.3 Å². The minimum Gasteiger partial charge on any atom is -0.497 e.